The Morgan fingerprint density at radius 2 is 2.28 bits per heavy atom. The van der Waals surface area contributed by atoms with Gasteiger partial charge in [0.2, 0.25) is 0 Å². The largest absolute Gasteiger partial charge is 0.506 e. The molecule has 0 fully saturated rings. The number of hydrogen-bond donors (Lipinski definition) is 2. The number of aromatic nitrogens is 2. The van der Waals surface area contributed by atoms with Crippen molar-refractivity contribution in [3.63, 3.8) is 0 Å². The van der Waals surface area contributed by atoms with Crippen LogP contribution in [-0.2, 0) is 0 Å². The van der Waals surface area contributed by atoms with E-state index >= 15 is 0 Å². The number of hydrogen-bond acceptors (Lipinski definition) is 7. The van der Waals surface area contributed by atoms with E-state index in [9.17, 15) is 20.0 Å². The topological polar surface area (TPSA) is 118 Å². The van der Waals surface area contributed by atoms with E-state index in [2.05, 4.69) is 14.9 Å². The number of nitro groups is 1. The molecule has 0 spiro atoms. The summed E-state index contributed by atoms with van der Waals surface area (Å²) in [6, 6.07) is 3.33. The Morgan fingerprint density at radius 3 is 2.89 bits per heavy atom. The highest BCUT2D eigenvalue weighted by molar-refractivity contribution is 7.03. The molecule has 92 valence electrons. The molecule has 0 radical (unpaired) electrons. The Balaban J connectivity index is 2.26. The number of anilines is 1. The standard InChI is InChI=1S/C9H6N4O4S/c14-8-2-1-5(13(16)17)3-6(8)10-9(15)7-4-18-12-11-7/h1-4,14H,(H,10,15). The van der Waals surface area contributed by atoms with Gasteiger partial charge in [0, 0.05) is 17.5 Å². The number of nitrogens with one attached hydrogen (secondary N) is 1. The number of benzene rings is 1. The molecular formula is C9H6N4O4S. The summed E-state index contributed by atoms with van der Waals surface area (Å²) in [7, 11) is 0. The first-order valence-electron chi connectivity index (χ1n) is 4.64. The number of nitro benzene ring substituents is 1. The van der Waals surface area contributed by atoms with E-state index in [4.69, 9.17) is 0 Å². The number of phenolic OH excluding ortho intramolecular Hbond substituents is 1. The molecule has 0 aliphatic rings. The van der Waals surface area contributed by atoms with Crippen LogP contribution in [0.15, 0.2) is 23.6 Å². The zero-order chi connectivity index (χ0) is 13.1. The second kappa shape index (κ2) is 4.75. The van der Waals surface area contributed by atoms with E-state index in [0.717, 1.165) is 29.7 Å². The third-order valence-corrected chi connectivity index (χ3v) is 2.54. The van der Waals surface area contributed by atoms with Crippen molar-refractivity contribution in [2.24, 2.45) is 0 Å². The monoisotopic (exact) mass is 266 g/mol. The molecule has 9 heteroatoms. The van der Waals surface area contributed by atoms with Crippen molar-refractivity contribution in [3.05, 3.63) is 39.4 Å². The molecule has 0 aliphatic heterocycles. The Bertz CT molecular complexity index is 599. The lowest BCUT2D eigenvalue weighted by Gasteiger charge is -2.05. The molecule has 2 N–H and O–H groups in total. The lowest BCUT2D eigenvalue weighted by molar-refractivity contribution is -0.384. The molecule has 1 heterocycles. The van der Waals surface area contributed by atoms with Gasteiger partial charge < -0.3 is 10.4 Å². The van der Waals surface area contributed by atoms with Gasteiger partial charge in [0.1, 0.15) is 5.75 Å². The number of carbonyl (C=O) groups is 1. The van der Waals surface area contributed by atoms with Crippen molar-refractivity contribution < 1.29 is 14.8 Å². The van der Waals surface area contributed by atoms with Gasteiger partial charge in [-0.1, -0.05) is 4.49 Å². The van der Waals surface area contributed by atoms with Crippen LogP contribution in [0.5, 0.6) is 5.75 Å². The van der Waals surface area contributed by atoms with Gasteiger partial charge >= 0.3 is 0 Å². The van der Waals surface area contributed by atoms with Crippen LogP contribution in [0.4, 0.5) is 11.4 Å². The molecule has 0 saturated carbocycles. The number of non-ortho nitro benzene ring substituents is 1. The Hall–Kier alpha value is -2.55. The van der Waals surface area contributed by atoms with Crippen molar-refractivity contribution in [1.29, 1.82) is 0 Å². The molecule has 0 unspecified atom stereocenters. The second-order valence-electron chi connectivity index (χ2n) is 3.20. The molecule has 8 nitrogen and oxygen atoms in total. The quantitative estimate of drug-likeness (QED) is 0.492. The van der Waals surface area contributed by atoms with Crippen LogP contribution in [0.2, 0.25) is 0 Å². The summed E-state index contributed by atoms with van der Waals surface area (Å²) in [5, 5.41) is 27.3. The van der Waals surface area contributed by atoms with Gasteiger partial charge in [0.15, 0.2) is 5.69 Å². The molecule has 2 rings (SSSR count). The lowest BCUT2D eigenvalue weighted by atomic mass is 10.2. The summed E-state index contributed by atoms with van der Waals surface area (Å²) < 4.78 is 3.51. The minimum Gasteiger partial charge on any atom is -0.506 e. The third-order valence-electron chi connectivity index (χ3n) is 2.03. The van der Waals surface area contributed by atoms with Crippen molar-refractivity contribution in [2.75, 3.05) is 5.32 Å². The fraction of sp³-hybridized carbons (Fsp3) is 0. The maximum atomic E-state index is 11.6. The molecule has 2 aromatic rings. The minimum absolute atomic E-state index is 0.0535. The van der Waals surface area contributed by atoms with E-state index in [1.165, 1.54) is 5.38 Å². The maximum absolute atomic E-state index is 11.6. The van der Waals surface area contributed by atoms with E-state index in [-0.39, 0.29) is 22.8 Å². The lowest BCUT2D eigenvalue weighted by Crippen LogP contribution is -2.12. The van der Waals surface area contributed by atoms with Gasteiger partial charge in [-0.15, -0.1) is 5.10 Å². The number of aromatic hydroxyl groups is 1. The number of carbonyl (C=O) groups excluding carboxylic acids is 1. The van der Waals surface area contributed by atoms with Gasteiger partial charge in [-0.05, 0) is 17.6 Å². The smallest absolute Gasteiger partial charge is 0.277 e. The number of nitrogens with zero attached hydrogens (tertiary/aromatic N) is 3. The Kier molecular flexibility index (Phi) is 3.15. The first-order chi connectivity index (χ1) is 8.58. The first-order valence-corrected chi connectivity index (χ1v) is 5.47. The zero-order valence-electron chi connectivity index (χ0n) is 8.73. The predicted octanol–water partition coefficient (Wildman–Crippen LogP) is 1.40. The highest BCUT2D eigenvalue weighted by Crippen LogP contribution is 2.28. The van der Waals surface area contributed by atoms with Gasteiger partial charge in [-0.2, -0.15) is 0 Å². The SMILES string of the molecule is O=C(Nc1cc([N+](=O)[O-])ccc1O)c1csnn1. The summed E-state index contributed by atoms with van der Waals surface area (Å²) in [6.45, 7) is 0. The van der Waals surface area contributed by atoms with Crippen molar-refractivity contribution in [3.8, 4) is 5.75 Å². The zero-order valence-corrected chi connectivity index (χ0v) is 9.55. The number of phenols is 1. The fourth-order valence-electron chi connectivity index (χ4n) is 1.19. The van der Waals surface area contributed by atoms with Gasteiger partial charge in [-0.25, -0.2) is 0 Å². The molecule has 0 bridgehead atoms. The normalized spacial score (nSPS) is 10.0. The summed E-state index contributed by atoms with van der Waals surface area (Å²) in [5.74, 6) is -0.864. The molecule has 1 amide bonds. The van der Waals surface area contributed by atoms with E-state index < -0.39 is 10.8 Å². The third kappa shape index (κ3) is 2.40. The van der Waals surface area contributed by atoms with Gasteiger partial charge in [-0.3, -0.25) is 14.9 Å². The van der Waals surface area contributed by atoms with Crippen LogP contribution in [0.1, 0.15) is 10.5 Å². The van der Waals surface area contributed by atoms with E-state index in [1.54, 1.807) is 0 Å². The van der Waals surface area contributed by atoms with Crippen LogP contribution in [0.3, 0.4) is 0 Å². The summed E-state index contributed by atoms with van der Waals surface area (Å²) >= 11 is 0.998. The average Bonchev–Trinajstić information content (AvgIpc) is 2.85. The Labute approximate surface area is 104 Å². The fourth-order valence-corrected chi connectivity index (χ4v) is 1.62. The van der Waals surface area contributed by atoms with Crippen LogP contribution in [-0.4, -0.2) is 25.5 Å². The van der Waals surface area contributed by atoms with Crippen molar-refractivity contribution in [1.82, 2.24) is 9.59 Å². The highest BCUT2D eigenvalue weighted by Gasteiger charge is 2.15. The van der Waals surface area contributed by atoms with Crippen molar-refractivity contribution >= 4 is 28.8 Å². The molecule has 1 aromatic carbocycles. The predicted molar refractivity (Wildman–Crippen MR) is 62.6 cm³/mol. The highest BCUT2D eigenvalue weighted by atomic mass is 32.1. The summed E-state index contributed by atoms with van der Waals surface area (Å²) in [6.07, 6.45) is 0. The van der Waals surface area contributed by atoms with Crippen LogP contribution < -0.4 is 5.32 Å². The van der Waals surface area contributed by atoms with Gasteiger partial charge in [0.05, 0.1) is 10.6 Å². The molecular weight excluding hydrogens is 260 g/mol. The average molecular weight is 266 g/mol. The minimum atomic E-state index is -0.626. The van der Waals surface area contributed by atoms with Crippen LogP contribution in [0, 0.1) is 10.1 Å². The first kappa shape index (κ1) is 11.9. The molecule has 0 aliphatic carbocycles. The summed E-state index contributed by atoms with van der Waals surface area (Å²) in [5.41, 5.74) is -0.215. The molecule has 18 heavy (non-hydrogen) atoms. The Morgan fingerprint density at radius 1 is 1.50 bits per heavy atom. The second-order valence-corrected chi connectivity index (χ2v) is 3.81. The number of amides is 1. The van der Waals surface area contributed by atoms with Gasteiger partial charge in [0.25, 0.3) is 11.6 Å². The van der Waals surface area contributed by atoms with Crippen LogP contribution >= 0.6 is 11.5 Å². The van der Waals surface area contributed by atoms with Crippen molar-refractivity contribution in [2.45, 2.75) is 0 Å². The maximum Gasteiger partial charge on any atom is 0.277 e. The number of rotatable bonds is 3. The molecule has 0 atom stereocenters. The molecule has 0 saturated heterocycles. The summed E-state index contributed by atoms with van der Waals surface area (Å²) in [4.78, 5) is 21.6. The van der Waals surface area contributed by atoms with E-state index in [0.29, 0.717) is 0 Å². The van der Waals surface area contributed by atoms with Crippen LogP contribution in [0.25, 0.3) is 0 Å². The molecule has 1 aromatic heterocycles. The van der Waals surface area contributed by atoms with E-state index in [1.807, 2.05) is 0 Å².